The fraction of sp³-hybridized carbons (Fsp3) is 0.0435. The highest BCUT2D eigenvalue weighted by Gasteiger charge is 2.11. The van der Waals surface area contributed by atoms with Crippen molar-refractivity contribution < 1.29 is 29.3 Å². The number of ether oxygens (including phenoxy) is 1. The Morgan fingerprint density at radius 3 is 2.17 bits per heavy atom. The van der Waals surface area contributed by atoms with Gasteiger partial charge in [0.05, 0.1) is 0 Å². The lowest BCUT2D eigenvalue weighted by Gasteiger charge is -2.04. The largest absolute Gasteiger partial charge is 0.508 e. The summed E-state index contributed by atoms with van der Waals surface area (Å²) in [6.45, 7) is 1.33. The van der Waals surface area contributed by atoms with Gasteiger partial charge in [0.25, 0.3) is 0 Å². The lowest BCUT2D eigenvalue weighted by molar-refractivity contribution is -0.131. The Balaban J connectivity index is 0.000000199. The van der Waals surface area contributed by atoms with E-state index >= 15 is 0 Å². The Labute approximate surface area is 171 Å². The average Bonchev–Trinajstić information content (AvgIpc) is 2.70. The number of rotatable bonds is 2. The van der Waals surface area contributed by atoms with Crippen molar-refractivity contribution in [3.63, 3.8) is 0 Å². The standard InChI is InChI=1S/C15H10O4.C8H8O3/c16-10-6-11(17)15-12(18)8-13(19-14(15)7-10)9-4-2-1-3-5-9;1-6(9)11-8-4-2-7(10)3-5-8/h1-8,16-17H;2-5,10H,1H3. The third-order valence-corrected chi connectivity index (χ3v) is 3.95. The van der Waals surface area contributed by atoms with Crippen molar-refractivity contribution in [1.29, 1.82) is 0 Å². The van der Waals surface area contributed by atoms with Crippen molar-refractivity contribution in [3.8, 4) is 34.3 Å². The lowest BCUT2D eigenvalue weighted by Crippen LogP contribution is -2.00. The number of phenolic OH excluding ortho intramolecular Hbond substituents is 3. The molecule has 3 N–H and O–H groups in total. The molecule has 0 bridgehead atoms. The Bertz CT molecular complexity index is 1230. The summed E-state index contributed by atoms with van der Waals surface area (Å²) in [5, 5.41) is 28.0. The van der Waals surface area contributed by atoms with Gasteiger partial charge in [-0.1, -0.05) is 30.3 Å². The van der Waals surface area contributed by atoms with Crippen molar-refractivity contribution in [2.75, 3.05) is 0 Å². The molecule has 0 radical (unpaired) electrons. The van der Waals surface area contributed by atoms with Crippen LogP contribution in [-0.4, -0.2) is 21.3 Å². The van der Waals surface area contributed by atoms with Crippen LogP contribution >= 0.6 is 0 Å². The fourth-order valence-electron chi connectivity index (χ4n) is 2.68. The SMILES string of the molecule is CC(=O)Oc1ccc(O)cc1.O=c1cc(-c2ccccc2)oc2cc(O)cc(O)c12. The summed E-state index contributed by atoms with van der Waals surface area (Å²) in [6, 6.07) is 18.9. The summed E-state index contributed by atoms with van der Waals surface area (Å²) in [4.78, 5) is 22.4. The molecular weight excluding hydrogens is 388 g/mol. The van der Waals surface area contributed by atoms with Crippen molar-refractivity contribution in [1.82, 2.24) is 0 Å². The molecule has 152 valence electrons. The molecule has 0 amide bonds. The van der Waals surface area contributed by atoms with E-state index in [0.29, 0.717) is 11.5 Å². The van der Waals surface area contributed by atoms with Gasteiger partial charge in [-0.3, -0.25) is 9.59 Å². The van der Waals surface area contributed by atoms with Crippen LogP contribution in [0.3, 0.4) is 0 Å². The normalized spacial score (nSPS) is 10.2. The van der Waals surface area contributed by atoms with Gasteiger partial charge >= 0.3 is 5.97 Å². The molecule has 4 aromatic rings. The van der Waals surface area contributed by atoms with E-state index in [2.05, 4.69) is 0 Å². The summed E-state index contributed by atoms with van der Waals surface area (Å²) >= 11 is 0. The van der Waals surface area contributed by atoms with Gasteiger partial charge in [-0.25, -0.2) is 0 Å². The highest BCUT2D eigenvalue weighted by Crippen LogP contribution is 2.30. The van der Waals surface area contributed by atoms with Crippen molar-refractivity contribution >= 4 is 16.9 Å². The van der Waals surface area contributed by atoms with Crippen LogP contribution in [0.1, 0.15) is 6.92 Å². The van der Waals surface area contributed by atoms with Crippen LogP contribution in [0.15, 0.2) is 82.0 Å². The summed E-state index contributed by atoms with van der Waals surface area (Å²) in [5.74, 6) is 0.178. The zero-order valence-electron chi connectivity index (χ0n) is 15.9. The van der Waals surface area contributed by atoms with E-state index in [0.717, 1.165) is 11.6 Å². The Kier molecular flexibility index (Phi) is 6.03. The van der Waals surface area contributed by atoms with Gasteiger partial charge in [0.1, 0.15) is 39.7 Å². The molecule has 1 aromatic heterocycles. The Morgan fingerprint density at radius 1 is 0.867 bits per heavy atom. The predicted octanol–water partition coefficient (Wildman–Crippen LogP) is 4.19. The molecule has 0 aliphatic heterocycles. The quantitative estimate of drug-likeness (QED) is 0.337. The first-order chi connectivity index (χ1) is 14.3. The van der Waals surface area contributed by atoms with Crippen molar-refractivity contribution in [2.45, 2.75) is 6.92 Å². The third kappa shape index (κ3) is 4.96. The second kappa shape index (κ2) is 8.83. The minimum Gasteiger partial charge on any atom is -0.508 e. The van der Waals surface area contributed by atoms with E-state index in [1.54, 1.807) is 0 Å². The minimum absolute atomic E-state index is 0.0671. The molecule has 0 fully saturated rings. The van der Waals surface area contributed by atoms with Crippen LogP contribution < -0.4 is 10.2 Å². The fourth-order valence-corrected chi connectivity index (χ4v) is 2.68. The molecule has 0 spiro atoms. The zero-order chi connectivity index (χ0) is 21.7. The molecule has 0 aliphatic rings. The van der Waals surface area contributed by atoms with Gasteiger partial charge in [-0.05, 0) is 24.3 Å². The highest BCUT2D eigenvalue weighted by atomic mass is 16.5. The summed E-state index contributed by atoms with van der Waals surface area (Å²) < 4.78 is 10.3. The van der Waals surface area contributed by atoms with Gasteiger partial charge in [0.2, 0.25) is 0 Å². The molecule has 0 atom stereocenters. The Hall–Kier alpha value is -4.26. The van der Waals surface area contributed by atoms with E-state index < -0.39 is 0 Å². The number of fused-ring (bicyclic) bond motifs is 1. The van der Waals surface area contributed by atoms with Gasteiger partial charge in [0.15, 0.2) is 5.43 Å². The number of phenols is 3. The molecule has 0 aliphatic carbocycles. The molecule has 1 heterocycles. The van der Waals surface area contributed by atoms with Crippen molar-refractivity contribution in [3.05, 3.63) is 83.0 Å². The molecule has 4 rings (SSSR count). The van der Waals surface area contributed by atoms with E-state index in [4.69, 9.17) is 14.3 Å². The molecule has 7 heteroatoms. The van der Waals surface area contributed by atoms with Gasteiger partial charge in [-0.15, -0.1) is 0 Å². The Morgan fingerprint density at radius 2 is 1.53 bits per heavy atom. The second-order valence-corrected chi connectivity index (χ2v) is 6.27. The average molecular weight is 406 g/mol. The zero-order valence-corrected chi connectivity index (χ0v) is 15.9. The summed E-state index contributed by atoms with van der Waals surface area (Å²) in [7, 11) is 0. The summed E-state index contributed by atoms with van der Waals surface area (Å²) in [6.07, 6.45) is 0. The molecule has 30 heavy (non-hydrogen) atoms. The maximum absolute atomic E-state index is 12.0. The van der Waals surface area contributed by atoms with Crippen molar-refractivity contribution in [2.24, 2.45) is 0 Å². The van der Waals surface area contributed by atoms with E-state index in [9.17, 15) is 19.8 Å². The first-order valence-corrected chi connectivity index (χ1v) is 8.86. The minimum atomic E-state index is -0.365. The predicted molar refractivity (Wildman–Crippen MR) is 111 cm³/mol. The van der Waals surface area contributed by atoms with Crippen LogP contribution in [-0.2, 0) is 4.79 Å². The van der Waals surface area contributed by atoms with E-state index in [-0.39, 0.29) is 39.6 Å². The lowest BCUT2D eigenvalue weighted by atomic mass is 10.1. The van der Waals surface area contributed by atoms with Gasteiger partial charge in [-0.2, -0.15) is 0 Å². The first-order valence-electron chi connectivity index (χ1n) is 8.86. The summed E-state index contributed by atoms with van der Waals surface area (Å²) in [5.41, 5.74) is 0.561. The van der Waals surface area contributed by atoms with E-state index in [1.165, 1.54) is 43.3 Å². The third-order valence-electron chi connectivity index (χ3n) is 3.95. The van der Waals surface area contributed by atoms with E-state index in [1.807, 2.05) is 30.3 Å². The second-order valence-electron chi connectivity index (χ2n) is 6.27. The highest BCUT2D eigenvalue weighted by molar-refractivity contribution is 5.85. The number of hydrogen-bond donors (Lipinski definition) is 3. The molecular formula is C23H18O7. The maximum atomic E-state index is 12.0. The number of carbonyl (C=O) groups is 1. The maximum Gasteiger partial charge on any atom is 0.308 e. The molecule has 0 saturated heterocycles. The van der Waals surface area contributed by atoms with Crippen LogP contribution in [0.2, 0.25) is 0 Å². The monoisotopic (exact) mass is 406 g/mol. The first kappa shape index (κ1) is 20.5. The molecule has 0 unspecified atom stereocenters. The van der Waals surface area contributed by atoms with Crippen LogP contribution in [0, 0.1) is 0 Å². The van der Waals surface area contributed by atoms with Crippen LogP contribution in [0.25, 0.3) is 22.3 Å². The molecule has 0 saturated carbocycles. The molecule has 7 nitrogen and oxygen atoms in total. The van der Waals surface area contributed by atoms with Gasteiger partial charge in [0, 0.05) is 30.7 Å². The number of carbonyl (C=O) groups excluding carboxylic acids is 1. The van der Waals surface area contributed by atoms with Crippen LogP contribution in [0.5, 0.6) is 23.0 Å². The number of esters is 1. The topological polar surface area (TPSA) is 117 Å². The smallest absolute Gasteiger partial charge is 0.308 e. The van der Waals surface area contributed by atoms with Gasteiger partial charge < -0.3 is 24.5 Å². The molecule has 3 aromatic carbocycles. The number of benzene rings is 3. The van der Waals surface area contributed by atoms with Crippen LogP contribution in [0.4, 0.5) is 0 Å². The number of aromatic hydroxyl groups is 3. The number of hydrogen-bond acceptors (Lipinski definition) is 7.